The average Bonchev–Trinajstić information content (AvgIpc) is 3.12. The van der Waals surface area contributed by atoms with Crippen LogP contribution in [0.5, 0.6) is 0 Å². The zero-order valence-corrected chi connectivity index (χ0v) is 12.8. The van der Waals surface area contributed by atoms with E-state index in [4.69, 9.17) is 9.26 Å². The van der Waals surface area contributed by atoms with Gasteiger partial charge in [0.25, 0.3) is 5.91 Å². The first kappa shape index (κ1) is 14.5. The second-order valence-electron chi connectivity index (χ2n) is 5.93. The van der Waals surface area contributed by atoms with Gasteiger partial charge in [0.15, 0.2) is 0 Å². The fourth-order valence-corrected chi connectivity index (χ4v) is 3.09. The highest BCUT2D eigenvalue weighted by Crippen LogP contribution is 2.18. The summed E-state index contributed by atoms with van der Waals surface area (Å²) in [5, 5.41) is 3.99. The molecular formula is C15H23N3O3. The summed E-state index contributed by atoms with van der Waals surface area (Å²) in [4.78, 5) is 16.6. The zero-order chi connectivity index (χ0) is 14.8. The van der Waals surface area contributed by atoms with Gasteiger partial charge in [0, 0.05) is 38.3 Å². The highest BCUT2D eigenvalue weighted by Gasteiger charge is 2.31. The van der Waals surface area contributed by atoms with Crippen molar-refractivity contribution in [2.45, 2.75) is 39.3 Å². The van der Waals surface area contributed by atoms with Crippen molar-refractivity contribution in [3.8, 4) is 0 Å². The third kappa shape index (κ3) is 3.11. The minimum absolute atomic E-state index is 0.149. The number of likely N-dealkylation sites (tertiary alicyclic amines) is 1. The minimum atomic E-state index is -0.322. The maximum absolute atomic E-state index is 12.4. The van der Waals surface area contributed by atoms with Gasteiger partial charge in [0.05, 0.1) is 12.3 Å². The Hall–Kier alpha value is -1.40. The van der Waals surface area contributed by atoms with E-state index in [0.717, 1.165) is 56.0 Å². The molecule has 2 aliphatic heterocycles. The predicted octanol–water partition coefficient (Wildman–Crippen LogP) is 1.11. The zero-order valence-electron chi connectivity index (χ0n) is 12.8. The number of carbonyl (C=O) groups excluding carboxylic acids is 1. The van der Waals surface area contributed by atoms with E-state index < -0.39 is 0 Å². The van der Waals surface area contributed by atoms with Crippen LogP contribution in [-0.4, -0.2) is 59.8 Å². The summed E-state index contributed by atoms with van der Waals surface area (Å²) in [5.74, 6) is 1.01. The quantitative estimate of drug-likeness (QED) is 0.835. The Kier molecular flexibility index (Phi) is 4.26. The van der Waals surface area contributed by atoms with Crippen LogP contribution in [0.4, 0.5) is 0 Å². The third-order valence-electron chi connectivity index (χ3n) is 4.41. The van der Waals surface area contributed by atoms with E-state index in [1.165, 1.54) is 0 Å². The van der Waals surface area contributed by atoms with E-state index in [1.54, 1.807) is 0 Å². The lowest BCUT2D eigenvalue weighted by Crippen LogP contribution is -2.50. The lowest BCUT2D eigenvalue weighted by Gasteiger charge is -2.33. The molecule has 0 bridgehead atoms. The standard InChI is InChI=1S/C15H23N3O3/c1-11-13(12(2)21-16-11)9-17-7-8-20-14(10-17)15(19)18-5-3-4-6-18/h14H,3-10H2,1-2H3. The summed E-state index contributed by atoms with van der Waals surface area (Å²) in [6.07, 6.45) is 1.90. The van der Waals surface area contributed by atoms with Gasteiger partial charge in [-0.05, 0) is 26.7 Å². The number of amides is 1. The monoisotopic (exact) mass is 293 g/mol. The fourth-order valence-electron chi connectivity index (χ4n) is 3.09. The number of hydrogen-bond acceptors (Lipinski definition) is 5. The molecule has 2 saturated heterocycles. The first-order chi connectivity index (χ1) is 10.1. The predicted molar refractivity (Wildman–Crippen MR) is 76.8 cm³/mol. The van der Waals surface area contributed by atoms with Crippen LogP contribution in [0.3, 0.4) is 0 Å². The molecule has 1 aromatic rings. The number of morpholine rings is 1. The SMILES string of the molecule is Cc1noc(C)c1CN1CCOC(C(=O)N2CCCC2)C1. The minimum Gasteiger partial charge on any atom is -0.366 e. The normalized spacial score (nSPS) is 23.7. The molecule has 6 heteroatoms. The van der Waals surface area contributed by atoms with E-state index in [-0.39, 0.29) is 12.0 Å². The molecule has 116 valence electrons. The Bertz CT molecular complexity index is 489. The van der Waals surface area contributed by atoms with Crippen LogP contribution in [-0.2, 0) is 16.1 Å². The van der Waals surface area contributed by atoms with Crippen molar-refractivity contribution < 1.29 is 14.1 Å². The summed E-state index contributed by atoms with van der Waals surface area (Å²) in [6.45, 7) is 8.52. The van der Waals surface area contributed by atoms with E-state index >= 15 is 0 Å². The number of ether oxygens (including phenoxy) is 1. The van der Waals surface area contributed by atoms with Gasteiger partial charge in [-0.15, -0.1) is 0 Å². The molecule has 3 rings (SSSR count). The van der Waals surface area contributed by atoms with Crippen LogP contribution in [0.15, 0.2) is 4.52 Å². The van der Waals surface area contributed by atoms with Crippen LogP contribution in [0.25, 0.3) is 0 Å². The van der Waals surface area contributed by atoms with E-state index in [2.05, 4.69) is 10.1 Å². The Balaban J connectivity index is 1.61. The van der Waals surface area contributed by atoms with Crippen LogP contribution in [0, 0.1) is 13.8 Å². The molecule has 1 aromatic heterocycles. The molecular weight excluding hydrogens is 270 g/mol. The molecule has 2 aliphatic rings. The van der Waals surface area contributed by atoms with Crippen molar-refractivity contribution in [2.24, 2.45) is 0 Å². The molecule has 0 spiro atoms. The van der Waals surface area contributed by atoms with Crippen LogP contribution in [0.1, 0.15) is 29.9 Å². The Morgan fingerprint density at radius 2 is 2.05 bits per heavy atom. The molecule has 1 amide bonds. The molecule has 0 saturated carbocycles. The molecule has 6 nitrogen and oxygen atoms in total. The third-order valence-corrected chi connectivity index (χ3v) is 4.41. The maximum atomic E-state index is 12.4. The first-order valence-electron chi connectivity index (χ1n) is 7.69. The van der Waals surface area contributed by atoms with Crippen molar-refractivity contribution in [3.63, 3.8) is 0 Å². The summed E-state index contributed by atoms with van der Waals surface area (Å²) < 4.78 is 10.9. The average molecular weight is 293 g/mol. The molecule has 1 unspecified atom stereocenters. The Morgan fingerprint density at radius 1 is 1.29 bits per heavy atom. The highest BCUT2D eigenvalue weighted by atomic mass is 16.5. The number of nitrogens with zero attached hydrogens (tertiary/aromatic N) is 3. The summed E-state index contributed by atoms with van der Waals surface area (Å²) in [5.41, 5.74) is 2.06. The number of hydrogen-bond donors (Lipinski definition) is 0. The molecule has 0 aliphatic carbocycles. The van der Waals surface area contributed by atoms with Gasteiger partial charge in [-0.1, -0.05) is 5.16 Å². The van der Waals surface area contributed by atoms with Gasteiger partial charge in [0.1, 0.15) is 11.9 Å². The first-order valence-corrected chi connectivity index (χ1v) is 7.69. The van der Waals surface area contributed by atoms with Gasteiger partial charge in [-0.3, -0.25) is 9.69 Å². The van der Waals surface area contributed by atoms with Crippen molar-refractivity contribution in [2.75, 3.05) is 32.8 Å². The summed E-state index contributed by atoms with van der Waals surface area (Å²) >= 11 is 0. The van der Waals surface area contributed by atoms with E-state index in [1.807, 2.05) is 18.7 Å². The lowest BCUT2D eigenvalue weighted by atomic mass is 10.1. The Labute approximate surface area is 125 Å². The molecule has 0 N–H and O–H groups in total. The number of aryl methyl sites for hydroxylation is 2. The molecule has 0 radical (unpaired) electrons. The van der Waals surface area contributed by atoms with Crippen molar-refractivity contribution in [3.05, 3.63) is 17.0 Å². The molecule has 3 heterocycles. The summed E-state index contributed by atoms with van der Waals surface area (Å²) in [6, 6.07) is 0. The lowest BCUT2D eigenvalue weighted by molar-refractivity contribution is -0.148. The van der Waals surface area contributed by atoms with Crippen molar-refractivity contribution in [1.82, 2.24) is 15.0 Å². The molecule has 1 atom stereocenters. The van der Waals surface area contributed by atoms with Gasteiger partial charge < -0.3 is 14.2 Å². The molecule has 21 heavy (non-hydrogen) atoms. The van der Waals surface area contributed by atoms with Gasteiger partial charge in [-0.25, -0.2) is 0 Å². The van der Waals surface area contributed by atoms with Gasteiger partial charge >= 0.3 is 0 Å². The van der Waals surface area contributed by atoms with Crippen molar-refractivity contribution in [1.29, 1.82) is 0 Å². The van der Waals surface area contributed by atoms with Crippen molar-refractivity contribution >= 4 is 5.91 Å². The second kappa shape index (κ2) is 6.15. The smallest absolute Gasteiger partial charge is 0.253 e. The summed E-state index contributed by atoms with van der Waals surface area (Å²) in [7, 11) is 0. The van der Waals surface area contributed by atoms with Gasteiger partial charge in [-0.2, -0.15) is 0 Å². The molecule has 0 aromatic carbocycles. The number of aromatic nitrogens is 1. The Morgan fingerprint density at radius 3 is 2.71 bits per heavy atom. The highest BCUT2D eigenvalue weighted by molar-refractivity contribution is 5.81. The van der Waals surface area contributed by atoms with Crippen LogP contribution in [0.2, 0.25) is 0 Å². The topological polar surface area (TPSA) is 58.8 Å². The van der Waals surface area contributed by atoms with Crippen LogP contribution >= 0.6 is 0 Å². The second-order valence-corrected chi connectivity index (χ2v) is 5.93. The fraction of sp³-hybridized carbons (Fsp3) is 0.733. The largest absolute Gasteiger partial charge is 0.366 e. The number of rotatable bonds is 3. The number of carbonyl (C=O) groups is 1. The van der Waals surface area contributed by atoms with Crippen LogP contribution < -0.4 is 0 Å². The van der Waals surface area contributed by atoms with Gasteiger partial charge in [0.2, 0.25) is 0 Å². The van der Waals surface area contributed by atoms with E-state index in [0.29, 0.717) is 13.2 Å². The molecule has 2 fully saturated rings. The maximum Gasteiger partial charge on any atom is 0.253 e. The van der Waals surface area contributed by atoms with E-state index in [9.17, 15) is 4.79 Å².